The third kappa shape index (κ3) is 3.67. The van der Waals surface area contributed by atoms with Crippen LogP contribution >= 0.6 is 0 Å². The molecule has 5 heteroatoms. The van der Waals surface area contributed by atoms with Gasteiger partial charge in [0.15, 0.2) is 0 Å². The maximum atomic E-state index is 13.3. The van der Waals surface area contributed by atoms with E-state index in [9.17, 15) is 9.90 Å². The number of fused-ring (bicyclic) bond motifs is 1. The van der Waals surface area contributed by atoms with Crippen LogP contribution in [0.2, 0.25) is 0 Å². The fraction of sp³-hybridized carbons (Fsp3) is 0.350. The summed E-state index contributed by atoms with van der Waals surface area (Å²) in [7, 11) is 1.63. The molecule has 2 rings (SSSR count). The SMILES string of the molecule is C=C/C=C(\C=C)[C@]1(C)Oc2ccc(CO)cc2N(CCCOC)C1=O. The summed E-state index contributed by atoms with van der Waals surface area (Å²) in [5.41, 5.74) is 0.839. The molecule has 0 unspecified atom stereocenters. The van der Waals surface area contributed by atoms with Crippen LogP contribution in [-0.4, -0.2) is 36.9 Å². The second kappa shape index (κ2) is 8.14. The minimum absolute atomic E-state index is 0.0983. The average molecular weight is 343 g/mol. The van der Waals surface area contributed by atoms with Gasteiger partial charge >= 0.3 is 0 Å². The lowest BCUT2D eigenvalue weighted by atomic mass is 9.90. The zero-order chi connectivity index (χ0) is 18.4. The van der Waals surface area contributed by atoms with Crippen LogP contribution in [0.25, 0.3) is 0 Å². The molecule has 1 heterocycles. The Labute approximate surface area is 148 Å². The van der Waals surface area contributed by atoms with E-state index in [4.69, 9.17) is 9.47 Å². The van der Waals surface area contributed by atoms with E-state index >= 15 is 0 Å². The number of amides is 1. The molecule has 5 nitrogen and oxygen atoms in total. The van der Waals surface area contributed by atoms with Gasteiger partial charge in [0.1, 0.15) is 5.75 Å². The van der Waals surface area contributed by atoms with Gasteiger partial charge in [-0.15, -0.1) is 0 Å². The Morgan fingerprint density at radius 1 is 1.44 bits per heavy atom. The Bertz CT molecular complexity index is 695. The Hall–Kier alpha value is -2.37. The number of carbonyl (C=O) groups is 1. The molecule has 1 aromatic carbocycles. The highest BCUT2D eigenvalue weighted by Gasteiger charge is 2.46. The largest absolute Gasteiger partial charge is 0.471 e. The van der Waals surface area contributed by atoms with E-state index in [1.54, 1.807) is 55.4 Å². The van der Waals surface area contributed by atoms with Crippen LogP contribution < -0.4 is 9.64 Å². The van der Waals surface area contributed by atoms with Crippen molar-refractivity contribution in [3.8, 4) is 5.75 Å². The summed E-state index contributed by atoms with van der Waals surface area (Å²) in [6, 6.07) is 5.35. The van der Waals surface area contributed by atoms with Crippen molar-refractivity contribution >= 4 is 11.6 Å². The van der Waals surface area contributed by atoms with Crippen molar-refractivity contribution < 1.29 is 19.4 Å². The number of anilines is 1. The summed E-state index contributed by atoms with van der Waals surface area (Å²) in [5, 5.41) is 9.41. The molecule has 1 N–H and O–H groups in total. The van der Waals surface area contributed by atoms with Crippen LogP contribution in [0.4, 0.5) is 5.69 Å². The van der Waals surface area contributed by atoms with Gasteiger partial charge in [0.25, 0.3) is 5.91 Å². The monoisotopic (exact) mass is 343 g/mol. The molecule has 0 bridgehead atoms. The van der Waals surface area contributed by atoms with Crippen molar-refractivity contribution in [1.82, 2.24) is 0 Å². The predicted molar refractivity (Wildman–Crippen MR) is 98.7 cm³/mol. The lowest BCUT2D eigenvalue weighted by molar-refractivity contribution is -0.131. The fourth-order valence-corrected chi connectivity index (χ4v) is 2.91. The standard InChI is InChI=1S/C20H25NO4/c1-5-8-16(6-2)20(3)19(23)21(11-7-12-24-4)17-13-15(14-22)9-10-18(17)25-20/h5-6,8-10,13,22H,1-2,7,11-12,14H2,3-4H3/b16-8+/t20-/m0/s1. The van der Waals surface area contributed by atoms with Gasteiger partial charge in [0.2, 0.25) is 5.60 Å². The number of aliphatic hydroxyl groups is 1. The first-order valence-corrected chi connectivity index (χ1v) is 8.21. The number of ether oxygens (including phenoxy) is 2. The number of benzene rings is 1. The molecular formula is C20H25NO4. The minimum Gasteiger partial charge on any atom is -0.471 e. The molecule has 0 saturated heterocycles. The predicted octanol–water partition coefficient (Wildman–Crippen LogP) is 3.00. The summed E-state index contributed by atoms with van der Waals surface area (Å²) in [5.74, 6) is 0.410. The van der Waals surface area contributed by atoms with Gasteiger partial charge in [-0.1, -0.05) is 37.5 Å². The normalized spacial score (nSPS) is 20.0. The van der Waals surface area contributed by atoms with Crippen LogP contribution in [0, 0.1) is 0 Å². The lowest BCUT2D eigenvalue weighted by Gasteiger charge is -2.41. The first kappa shape index (κ1) is 19.0. The highest BCUT2D eigenvalue weighted by Crippen LogP contribution is 2.41. The van der Waals surface area contributed by atoms with E-state index in [1.165, 1.54) is 0 Å². The number of rotatable bonds is 8. The van der Waals surface area contributed by atoms with Crippen molar-refractivity contribution in [2.45, 2.75) is 25.6 Å². The number of methoxy groups -OCH3 is 1. The molecule has 0 aliphatic carbocycles. The van der Waals surface area contributed by atoms with Gasteiger partial charge < -0.3 is 19.5 Å². The maximum Gasteiger partial charge on any atom is 0.275 e. The van der Waals surface area contributed by atoms with Gasteiger partial charge in [-0.3, -0.25) is 4.79 Å². The van der Waals surface area contributed by atoms with Crippen molar-refractivity contribution in [2.24, 2.45) is 0 Å². The Kier molecular flexibility index (Phi) is 6.17. The van der Waals surface area contributed by atoms with E-state index in [-0.39, 0.29) is 12.5 Å². The summed E-state index contributed by atoms with van der Waals surface area (Å²) in [6.45, 7) is 10.2. The van der Waals surface area contributed by atoms with Crippen molar-refractivity contribution in [3.05, 3.63) is 60.7 Å². The van der Waals surface area contributed by atoms with Crippen molar-refractivity contribution in [3.63, 3.8) is 0 Å². The number of carbonyl (C=O) groups excluding carboxylic acids is 1. The number of hydrogen-bond acceptors (Lipinski definition) is 4. The number of hydrogen-bond donors (Lipinski definition) is 1. The molecule has 1 aliphatic heterocycles. The molecule has 0 saturated carbocycles. The smallest absolute Gasteiger partial charge is 0.275 e. The Morgan fingerprint density at radius 2 is 2.20 bits per heavy atom. The third-order valence-electron chi connectivity index (χ3n) is 4.26. The topological polar surface area (TPSA) is 59.0 Å². The van der Waals surface area contributed by atoms with Crippen molar-refractivity contribution in [2.75, 3.05) is 25.2 Å². The number of allylic oxidation sites excluding steroid dienone is 2. The second-order valence-electron chi connectivity index (χ2n) is 5.96. The fourth-order valence-electron chi connectivity index (χ4n) is 2.91. The maximum absolute atomic E-state index is 13.3. The zero-order valence-corrected chi connectivity index (χ0v) is 14.8. The highest BCUT2D eigenvalue weighted by molar-refractivity contribution is 6.05. The molecular weight excluding hydrogens is 318 g/mol. The lowest BCUT2D eigenvalue weighted by Crippen LogP contribution is -2.55. The molecule has 0 fully saturated rings. The number of nitrogens with zero attached hydrogens (tertiary/aromatic N) is 1. The van der Waals surface area contributed by atoms with Gasteiger partial charge in [0, 0.05) is 25.8 Å². The van der Waals surface area contributed by atoms with E-state index < -0.39 is 5.60 Å². The molecule has 0 radical (unpaired) electrons. The minimum atomic E-state index is -1.18. The Morgan fingerprint density at radius 3 is 2.80 bits per heavy atom. The molecule has 134 valence electrons. The Balaban J connectivity index is 2.52. The van der Waals surface area contributed by atoms with Gasteiger partial charge in [-0.25, -0.2) is 0 Å². The van der Waals surface area contributed by atoms with Crippen molar-refractivity contribution in [1.29, 1.82) is 0 Å². The quantitative estimate of drug-likeness (QED) is 0.582. The third-order valence-corrected chi connectivity index (χ3v) is 4.26. The molecule has 0 aromatic heterocycles. The van der Waals surface area contributed by atoms with Crippen LogP contribution in [0.1, 0.15) is 18.9 Å². The molecule has 1 amide bonds. The van der Waals surface area contributed by atoms with Gasteiger partial charge in [0.05, 0.1) is 12.3 Å². The van der Waals surface area contributed by atoms with E-state index in [0.29, 0.717) is 36.6 Å². The van der Waals surface area contributed by atoms with Crippen LogP contribution in [0.3, 0.4) is 0 Å². The number of aliphatic hydroxyl groups excluding tert-OH is 1. The summed E-state index contributed by atoms with van der Waals surface area (Å²) in [4.78, 5) is 14.9. The molecule has 1 aliphatic rings. The summed E-state index contributed by atoms with van der Waals surface area (Å²) < 4.78 is 11.2. The van der Waals surface area contributed by atoms with Crippen LogP contribution in [0.5, 0.6) is 5.75 Å². The second-order valence-corrected chi connectivity index (χ2v) is 5.96. The van der Waals surface area contributed by atoms with Gasteiger partial charge in [-0.05, 0) is 31.0 Å². The van der Waals surface area contributed by atoms with Crippen LogP contribution in [0.15, 0.2) is 55.2 Å². The molecule has 1 aromatic rings. The highest BCUT2D eigenvalue weighted by atomic mass is 16.5. The molecule has 0 spiro atoms. The van der Waals surface area contributed by atoms with E-state index in [0.717, 1.165) is 5.56 Å². The van der Waals surface area contributed by atoms with E-state index in [1.807, 2.05) is 0 Å². The first-order valence-electron chi connectivity index (χ1n) is 8.21. The average Bonchev–Trinajstić information content (AvgIpc) is 2.62. The summed E-state index contributed by atoms with van der Waals surface area (Å²) in [6.07, 6.45) is 5.64. The van der Waals surface area contributed by atoms with Gasteiger partial charge in [-0.2, -0.15) is 0 Å². The molecule has 1 atom stereocenters. The first-order chi connectivity index (χ1) is 12.0. The zero-order valence-electron chi connectivity index (χ0n) is 14.8. The van der Waals surface area contributed by atoms with Crippen LogP contribution in [-0.2, 0) is 16.1 Å². The van der Waals surface area contributed by atoms with E-state index in [2.05, 4.69) is 13.2 Å². The summed E-state index contributed by atoms with van der Waals surface area (Å²) >= 11 is 0. The molecule has 25 heavy (non-hydrogen) atoms.